The van der Waals surface area contributed by atoms with Crippen molar-refractivity contribution in [1.29, 1.82) is 0 Å². The fourth-order valence-electron chi connectivity index (χ4n) is 4.45. The third kappa shape index (κ3) is 3.35. The highest BCUT2D eigenvalue weighted by atomic mass is 19.1. The van der Waals surface area contributed by atoms with Gasteiger partial charge in [-0.1, -0.05) is 6.07 Å². The molecule has 1 N–H and O–H groups in total. The fourth-order valence-corrected chi connectivity index (χ4v) is 4.45. The molecule has 0 saturated carbocycles. The van der Waals surface area contributed by atoms with Crippen LogP contribution in [0.2, 0.25) is 0 Å². The first kappa shape index (κ1) is 16.7. The van der Waals surface area contributed by atoms with Gasteiger partial charge in [0.2, 0.25) is 0 Å². The molecule has 1 aromatic heterocycles. The van der Waals surface area contributed by atoms with Crippen molar-refractivity contribution in [3.05, 3.63) is 47.8 Å². The summed E-state index contributed by atoms with van der Waals surface area (Å²) in [5.74, 6) is 0.596. The van der Waals surface area contributed by atoms with Gasteiger partial charge in [-0.2, -0.15) is 0 Å². The quantitative estimate of drug-likeness (QED) is 0.922. The van der Waals surface area contributed by atoms with E-state index in [9.17, 15) is 4.39 Å². The highest BCUT2D eigenvalue weighted by Crippen LogP contribution is 2.28. The minimum atomic E-state index is -0.196. The first-order valence-corrected chi connectivity index (χ1v) is 9.41. The zero-order valence-corrected chi connectivity index (χ0v) is 15.1. The molecule has 0 spiro atoms. The molecule has 3 heterocycles. The van der Waals surface area contributed by atoms with Gasteiger partial charge in [-0.3, -0.25) is 0 Å². The first-order valence-electron chi connectivity index (χ1n) is 9.41. The normalized spacial score (nSPS) is 25.1. The lowest BCUT2D eigenvalue weighted by molar-refractivity contribution is 0.162. The largest absolute Gasteiger partial charge is 0.307 e. The Balaban J connectivity index is 1.44. The number of halogens is 1. The van der Waals surface area contributed by atoms with Crippen LogP contribution < -0.4 is 5.32 Å². The van der Waals surface area contributed by atoms with Crippen LogP contribution in [0.5, 0.6) is 0 Å². The molecular formula is C20H27FN4. The smallest absolute Gasteiger partial charge is 0.147 e. The second-order valence-corrected chi connectivity index (χ2v) is 7.50. The summed E-state index contributed by atoms with van der Waals surface area (Å²) in [5.41, 5.74) is 1.57. The number of nitrogens with zero attached hydrogens (tertiary/aromatic N) is 3. The van der Waals surface area contributed by atoms with Gasteiger partial charge in [-0.05, 0) is 70.3 Å². The zero-order chi connectivity index (χ0) is 17.4. The van der Waals surface area contributed by atoms with Gasteiger partial charge >= 0.3 is 0 Å². The summed E-state index contributed by atoms with van der Waals surface area (Å²) in [6, 6.07) is 6.99. The van der Waals surface area contributed by atoms with Crippen molar-refractivity contribution in [2.75, 3.05) is 13.1 Å². The van der Waals surface area contributed by atoms with E-state index < -0.39 is 0 Å². The second-order valence-electron chi connectivity index (χ2n) is 7.50. The molecule has 0 unspecified atom stereocenters. The monoisotopic (exact) mass is 342 g/mol. The number of nitrogens with one attached hydrogen (secondary N) is 1. The summed E-state index contributed by atoms with van der Waals surface area (Å²) in [6.45, 7) is 6.49. The molecule has 5 heteroatoms. The third-order valence-corrected chi connectivity index (χ3v) is 5.86. The fraction of sp³-hybridized carbons (Fsp3) is 0.550. The number of imidazole rings is 1. The molecule has 1 aromatic carbocycles. The molecule has 25 heavy (non-hydrogen) atoms. The molecule has 0 radical (unpaired) electrons. The van der Waals surface area contributed by atoms with E-state index in [0.29, 0.717) is 11.7 Å². The van der Waals surface area contributed by atoms with Crippen LogP contribution >= 0.6 is 0 Å². The van der Waals surface area contributed by atoms with Gasteiger partial charge in [0.25, 0.3) is 0 Å². The molecule has 2 saturated heterocycles. The number of piperidine rings is 1. The summed E-state index contributed by atoms with van der Waals surface area (Å²) < 4.78 is 16.4. The van der Waals surface area contributed by atoms with Crippen molar-refractivity contribution >= 4 is 0 Å². The van der Waals surface area contributed by atoms with E-state index in [1.807, 2.05) is 19.1 Å². The summed E-state index contributed by atoms with van der Waals surface area (Å²) in [7, 11) is 0. The lowest BCUT2D eigenvalue weighted by atomic mass is 9.96. The number of rotatable bonds is 4. The van der Waals surface area contributed by atoms with Gasteiger partial charge in [0.05, 0.1) is 5.69 Å². The van der Waals surface area contributed by atoms with E-state index in [1.165, 1.54) is 38.8 Å². The van der Waals surface area contributed by atoms with E-state index in [1.54, 1.807) is 23.0 Å². The summed E-state index contributed by atoms with van der Waals surface area (Å²) in [6.07, 6.45) is 8.58. The topological polar surface area (TPSA) is 33.1 Å². The van der Waals surface area contributed by atoms with E-state index in [2.05, 4.69) is 22.1 Å². The molecule has 4 nitrogen and oxygen atoms in total. The molecule has 0 amide bonds. The molecule has 2 aromatic rings. The van der Waals surface area contributed by atoms with Crippen molar-refractivity contribution in [1.82, 2.24) is 19.8 Å². The second kappa shape index (κ2) is 6.89. The number of benzene rings is 1. The molecule has 134 valence electrons. The average Bonchev–Trinajstić information content (AvgIpc) is 3.23. The predicted octanol–water partition coefficient (Wildman–Crippen LogP) is 3.60. The number of hydrogen-bond donors (Lipinski definition) is 1. The van der Waals surface area contributed by atoms with Crippen LogP contribution in [0.3, 0.4) is 0 Å². The van der Waals surface area contributed by atoms with E-state index >= 15 is 0 Å². The van der Waals surface area contributed by atoms with Crippen molar-refractivity contribution in [3.63, 3.8) is 0 Å². The number of aryl methyl sites for hydroxylation is 1. The van der Waals surface area contributed by atoms with Crippen molar-refractivity contribution in [2.45, 2.75) is 57.7 Å². The summed E-state index contributed by atoms with van der Waals surface area (Å²) in [5, 5.41) is 3.73. The van der Waals surface area contributed by atoms with E-state index in [-0.39, 0.29) is 11.9 Å². The van der Waals surface area contributed by atoms with E-state index in [4.69, 9.17) is 0 Å². The Morgan fingerprint density at radius 2 is 2.16 bits per heavy atom. The van der Waals surface area contributed by atoms with Crippen molar-refractivity contribution in [2.24, 2.45) is 0 Å². The predicted molar refractivity (Wildman–Crippen MR) is 97.4 cm³/mol. The van der Waals surface area contributed by atoms with Gasteiger partial charge in [0.15, 0.2) is 0 Å². The minimum absolute atomic E-state index is 0.158. The van der Waals surface area contributed by atoms with Gasteiger partial charge in [-0.15, -0.1) is 0 Å². The minimum Gasteiger partial charge on any atom is -0.307 e. The molecule has 3 atom stereocenters. The molecule has 4 rings (SSSR count). The maximum absolute atomic E-state index is 14.6. The van der Waals surface area contributed by atoms with Crippen LogP contribution in [-0.2, 0) is 0 Å². The molecule has 2 fully saturated rings. The zero-order valence-electron chi connectivity index (χ0n) is 15.1. The van der Waals surface area contributed by atoms with Crippen LogP contribution in [0.15, 0.2) is 30.6 Å². The standard InChI is InChI=1S/C20H27FN4/c1-14(23-17-7-10-24-9-3-4-18(24)13-17)16-5-6-20(19(21)12-16)25-11-8-22-15(25)2/h5-6,8,11-12,14,17-18,23H,3-4,7,9-10,13H2,1-2H3/t14-,17+,18-/m1/s1. The van der Waals surface area contributed by atoms with Gasteiger partial charge in [0.1, 0.15) is 11.6 Å². The molecule has 0 bridgehead atoms. The van der Waals surface area contributed by atoms with Gasteiger partial charge < -0.3 is 14.8 Å². The summed E-state index contributed by atoms with van der Waals surface area (Å²) in [4.78, 5) is 6.81. The Kier molecular flexibility index (Phi) is 4.61. The molecule has 0 aliphatic carbocycles. The number of fused-ring (bicyclic) bond motifs is 1. The number of aromatic nitrogens is 2. The highest BCUT2D eigenvalue weighted by Gasteiger charge is 2.32. The van der Waals surface area contributed by atoms with Crippen LogP contribution in [0.4, 0.5) is 4.39 Å². The Morgan fingerprint density at radius 1 is 1.28 bits per heavy atom. The number of hydrogen-bond acceptors (Lipinski definition) is 3. The van der Waals surface area contributed by atoms with Gasteiger partial charge in [0, 0.05) is 30.5 Å². The van der Waals surface area contributed by atoms with Crippen LogP contribution in [-0.4, -0.2) is 39.6 Å². The summed E-state index contributed by atoms with van der Waals surface area (Å²) >= 11 is 0. The Bertz CT molecular complexity index is 741. The molecule has 2 aliphatic heterocycles. The lowest BCUT2D eigenvalue weighted by Gasteiger charge is -2.36. The van der Waals surface area contributed by atoms with E-state index in [0.717, 1.165) is 17.4 Å². The molecular weight excluding hydrogens is 315 g/mol. The maximum Gasteiger partial charge on any atom is 0.147 e. The lowest BCUT2D eigenvalue weighted by Crippen LogP contribution is -2.46. The highest BCUT2D eigenvalue weighted by molar-refractivity contribution is 5.38. The Hall–Kier alpha value is -1.72. The first-order chi connectivity index (χ1) is 12.1. The molecule has 2 aliphatic rings. The SMILES string of the molecule is Cc1nccn1-c1ccc([C@@H](C)N[C@H]2CCN3CCC[C@@H]3C2)cc1F. The third-order valence-electron chi connectivity index (χ3n) is 5.86. The Labute approximate surface area is 149 Å². The Morgan fingerprint density at radius 3 is 2.92 bits per heavy atom. The van der Waals surface area contributed by atoms with Crippen molar-refractivity contribution < 1.29 is 4.39 Å². The van der Waals surface area contributed by atoms with Crippen molar-refractivity contribution in [3.8, 4) is 5.69 Å². The van der Waals surface area contributed by atoms with Crippen LogP contribution in [0, 0.1) is 12.7 Å². The van der Waals surface area contributed by atoms with Crippen LogP contribution in [0.25, 0.3) is 5.69 Å². The maximum atomic E-state index is 14.6. The van der Waals surface area contributed by atoms with Crippen LogP contribution in [0.1, 0.15) is 50.0 Å². The van der Waals surface area contributed by atoms with Gasteiger partial charge in [-0.25, -0.2) is 9.37 Å². The average molecular weight is 342 g/mol.